The van der Waals surface area contributed by atoms with Gasteiger partial charge in [-0.15, -0.1) is 0 Å². The summed E-state index contributed by atoms with van der Waals surface area (Å²) in [5.74, 6) is 0. The van der Waals surface area contributed by atoms with E-state index in [2.05, 4.69) is 21.7 Å². The SMILES string of the molecule is FCC1CN(Cc2ccsc2)CCCO1. The Labute approximate surface area is 93.7 Å². The van der Waals surface area contributed by atoms with Crippen molar-refractivity contribution in [1.29, 1.82) is 0 Å². The van der Waals surface area contributed by atoms with Crippen molar-refractivity contribution < 1.29 is 9.13 Å². The molecule has 84 valence electrons. The summed E-state index contributed by atoms with van der Waals surface area (Å²) in [4.78, 5) is 2.28. The number of nitrogens with zero attached hydrogens (tertiary/aromatic N) is 1. The molecule has 0 aliphatic carbocycles. The van der Waals surface area contributed by atoms with Crippen molar-refractivity contribution in [3.63, 3.8) is 0 Å². The minimum atomic E-state index is -0.375. The van der Waals surface area contributed by atoms with Gasteiger partial charge < -0.3 is 4.74 Å². The minimum Gasteiger partial charge on any atom is -0.374 e. The van der Waals surface area contributed by atoms with Crippen LogP contribution >= 0.6 is 11.3 Å². The second-order valence-electron chi connectivity index (χ2n) is 3.87. The molecular formula is C11H16FNOS. The minimum absolute atomic E-state index is 0.230. The maximum atomic E-state index is 12.6. The second-order valence-corrected chi connectivity index (χ2v) is 4.65. The summed E-state index contributed by atoms with van der Waals surface area (Å²) in [6.07, 6.45) is 0.770. The Hall–Kier alpha value is -0.450. The Bertz CT molecular complexity index is 278. The van der Waals surface area contributed by atoms with Crippen LogP contribution in [0.1, 0.15) is 12.0 Å². The Balaban J connectivity index is 1.90. The van der Waals surface area contributed by atoms with E-state index in [9.17, 15) is 4.39 Å². The van der Waals surface area contributed by atoms with Crippen LogP contribution in [-0.4, -0.2) is 37.4 Å². The number of hydrogen-bond acceptors (Lipinski definition) is 3. The third-order valence-corrected chi connectivity index (χ3v) is 3.32. The lowest BCUT2D eigenvalue weighted by molar-refractivity contribution is 0.0360. The quantitative estimate of drug-likeness (QED) is 0.788. The lowest BCUT2D eigenvalue weighted by Crippen LogP contribution is -2.32. The van der Waals surface area contributed by atoms with Gasteiger partial charge in [-0.3, -0.25) is 4.90 Å². The third-order valence-electron chi connectivity index (χ3n) is 2.59. The van der Waals surface area contributed by atoms with Gasteiger partial charge in [0.25, 0.3) is 0 Å². The molecule has 1 aliphatic heterocycles. The maximum absolute atomic E-state index is 12.6. The first-order valence-corrected chi connectivity index (χ1v) is 6.24. The van der Waals surface area contributed by atoms with E-state index in [1.54, 1.807) is 11.3 Å². The standard InChI is InChI=1S/C11H16FNOS/c12-6-11-8-13(3-1-4-14-11)7-10-2-5-15-9-10/h2,5,9,11H,1,3-4,6-8H2. The molecule has 0 amide bonds. The molecule has 1 saturated heterocycles. The number of ether oxygens (including phenoxy) is 1. The van der Waals surface area contributed by atoms with E-state index in [1.165, 1.54) is 5.56 Å². The molecule has 2 rings (SSSR count). The Kier molecular flexibility index (Phi) is 4.11. The summed E-state index contributed by atoms with van der Waals surface area (Å²) in [5.41, 5.74) is 1.32. The van der Waals surface area contributed by atoms with Crippen LogP contribution < -0.4 is 0 Å². The Morgan fingerprint density at radius 2 is 2.53 bits per heavy atom. The molecule has 1 fully saturated rings. The first-order valence-electron chi connectivity index (χ1n) is 5.29. The zero-order valence-electron chi connectivity index (χ0n) is 8.69. The van der Waals surface area contributed by atoms with Gasteiger partial charge in [-0.1, -0.05) is 0 Å². The third kappa shape index (κ3) is 3.26. The molecule has 1 aliphatic rings. The van der Waals surface area contributed by atoms with Crippen LogP contribution in [0.5, 0.6) is 0 Å². The average molecular weight is 229 g/mol. The highest BCUT2D eigenvalue weighted by Crippen LogP contribution is 2.13. The molecule has 2 heterocycles. The molecule has 0 radical (unpaired) electrons. The Morgan fingerprint density at radius 3 is 3.27 bits per heavy atom. The summed E-state index contributed by atoms with van der Waals surface area (Å²) in [5, 5.41) is 4.23. The van der Waals surface area contributed by atoms with Gasteiger partial charge >= 0.3 is 0 Å². The van der Waals surface area contributed by atoms with Gasteiger partial charge in [0.2, 0.25) is 0 Å². The van der Waals surface area contributed by atoms with Gasteiger partial charge in [-0.05, 0) is 28.8 Å². The molecule has 0 saturated carbocycles. The van der Waals surface area contributed by atoms with Gasteiger partial charge in [-0.2, -0.15) is 11.3 Å². The summed E-state index contributed by atoms with van der Waals surface area (Å²) >= 11 is 1.71. The fourth-order valence-corrected chi connectivity index (χ4v) is 2.51. The monoisotopic (exact) mass is 229 g/mol. The molecule has 4 heteroatoms. The predicted octanol–water partition coefficient (Wildman–Crippen LogP) is 2.31. The molecule has 0 bridgehead atoms. The Morgan fingerprint density at radius 1 is 1.60 bits per heavy atom. The fraction of sp³-hybridized carbons (Fsp3) is 0.636. The van der Waals surface area contributed by atoms with E-state index in [4.69, 9.17) is 4.74 Å². The van der Waals surface area contributed by atoms with Crippen LogP contribution in [0.25, 0.3) is 0 Å². The largest absolute Gasteiger partial charge is 0.374 e. The molecule has 15 heavy (non-hydrogen) atoms. The summed E-state index contributed by atoms with van der Waals surface area (Å²) in [6.45, 7) is 2.96. The zero-order chi connectivity index (χ0) is 10.5. The second kappa shape index (κ2) is 5.58. The van der Waals surface area contributed by atoms with Crippen molar-refractivity contribution in [2.75, 3.05) is 26.4 Å². The highest BCUT2D eigenvalue weighted by molar-refractivity contribution is 7.07. The van der Waals surface area contributed by atoms with Crippen molar-refractivity contribution in [2.45, 2.75) is 19.1 Å². The molecule has 0 N–H and O–H groups in total. The first-order chi connectivity index (χ1) is 7.38. The van der Waals surface area contributed by atoms with Gasteiger partial charge in [0.15, 0.2) is 0 Å². The number of alkyl halides is 1. The number of rotatable bonds is 3. The van der Waals surface area contributed by atoms with Crippen LogP contribution in [0.2, 0.25) is 0 Å². The predicted molar refractivity (Wildman–Crippen MR) is 59.9 cm³/mol. The molecular weight excluding hydrogens is 213 g/mol. The molecule has 1 aromatic heterocycles. The number of halogens is 1. The van der Waals surface area contributed by atoms with Gasteiger partial charge in [0.05, 0.1) is 6.10 Å². The van der Waals surface area contributed by atoms with Crippen molar-refractivity contribution >= 4 is 11.3 Å². The normalized spacial score (nSPS) is 23.9. The van der Waals surface area contributed by atoms with Gasteiger partial charge in [0, 0.05) is 26.2 Å². The van der Waals surface area contributed by atoms with E-state index < -0.39 is 0 Å². The van der Waals surface area contributed by atoms with Crippen LogP contribution in [0.3, 0.4) is 0 Å². The van der Waals surface area contributed by atoms with Crippen molar-refractivity contribution in [2.24, 2.45) is 0 Å². The van der Waals surface area contributed by atoms with E-state index in [0.29, 0.717) is 13.2 Å². The van der Waals surface area contributed by atoms with Gasteiger partial charge in [-0.25, -0.2) is 4.39 Å². The maximum Gasteiger partial charge on any atom is 0.117 e. The summed E-state index contributed by atoms with van der Waals surface area (Å²) in [6, 6.07) is 2.13. The summed E-state index contributed by atoms with van der Waals surface area (Å²) < 4.78 is 17.9. The van der Waals surface area contributed by atoms with Crippen LogP contribution in [0.15, 0.2) is 16.8 Å². The topological polar surface area (TPSA) is 12.5 Å². The van der Waals surface area contributed by atoms with E-state index >= 15 is 0 Å². The van der Waals surface area contributed by atoms with Gasteiger partial charge in [0.1, 0.15) is 6.67 Å². The molecule has 1 atom stereocenters. The van der Waals surface area contributed by atoms with E-state index in [0.717, 1.165) is 19.5 Å². The average Bonchev–Trinajstić information content (AvgIpc) is 2.64. The molecule has 0 aromatic carbocycles. The number of thiophene rings is 1. The van der Waals surface area contributed by atoms with E-state index in [-0.39, 0.29) is 12.8 Å². The van der Waals surface area contributed by atoms with Crippen LogP contribution in [-0.2, 0) is 11.3 Å². The molecule has 1 unspecified atom stereocenters. The smallest absolute Gasteiger partial charge is 0.117 e. The van der Waals surface area contributed by atoms with Crippen LogP contribution in [0, 0.1) is 0 Å². The van der Waals surface area contributed by atoms with Crippen molar-refractivity contribution in [1.82, 2.24) is 4.90 Å². The first kappa shape index (κ1) is 11.0. The zero-order valence-corrected chi connectivity index (χ0v) is 9.51. The highest BCUT2D eigenvalue weighted by Gasteiger charge is 2.18. The molecule has 1 aromatic rings. The highest BCUT2D eigenvalue weighted by atomic mass is 32.1. The lowest BCUT2D eigenvalue weighted by atomic mass is 10.2. The van der Waals surface area contributed by atoms with E-state index in [1.807, 2.05) is 0 Å². The molecule has 2 nitrogen and oxygen atoms in total. The number of hydrogen-bond donors (Lipinski definition) is 0. The van der Waals surface area contributed by atoms with Crippen molar-refractivity contribution in [3.05, 3.63) is 22.4 Å². The van der Waals surface area contributed by atoms with Crippen molar-refractivity contribution in [3.8, 4) is 0 Å². The summed E-state index contributed by atoms with van der Waals surface area (Å²) in [7, 11) is 0. The van der Waals surface area contributed by atoms with Crippen LogP contribution in [0.4, 0.5) is 4.39 Å². The lowest BCUT2D eigenvalue weighted by Gasteiger charge is -2.21. The fourth-order valence-electron chi connectivity index (χ4n) is 1.85. The molecule has 0 spiro atoms.